The zero-order chi connectivity index (χ0) is 7.61. The van der Waals surface area contributed by atoms with E-state index in [2.05, 4.69) is 6.58 Å². The predicted molar refractivity (Wildman–Crippen MR) is 42.8 cm³/mol. The van der Waals surface area contributed by atoms with Gasteiger partial charge in [0.2, 0.25) is 0 Å². The van der Waals surface area contributed by atoms with Gasteiger partial charge in [-0.3, -0.25) is 0 Å². The predicted octanol–water partition coefficient (Wildman–Crippen LogP) is 2.03. The van der Waals surface area contributed by atoms with Crippen molar-refractivity contribution in [2.24, 2.45) is 0 Å². The molecule has 0 aromatic carbocycles. The van der Waals surface area contributed by atoms with Crippen molar-refractivity contribution in [2.75, 3.05) is 0 Å². The number of aliphatic hydroxyl groups is 1. The Labute approximate surface area is 62.1 Å². The Hall–Kier alpha value is -0.560. The first-order valence-corrected chi connectivity index (χ1v) is 3.71. The molecule has 0 aromatic rings. The van der Waals surface area contributed by atoms with Crippen LogP contribution in [0.2, 0.25) is 0 Å². The zero-order valence-corrected chi connectivity index (χ0v) is 6.43. The molecule has 0 aromatic heterocycles. The van der Waals surface area contributed by atoms with Gasteiger partial charge in [0.25, 0.3) is 0 Å². The quantitative estimate of drug-likeness (QED) is 0.550. The lowest BCUT2D eigenvalue weighted by Crippen LogP contribution is -2.28. The van der Waals surface area contributed by atoms with Gasteiger partial charge >= 0.3 is 0 Å². The lowest BCUT2D eigenvalue weighted by molar-refractivity contribution is 0.113. The van der Waals surface area contributed by atoms with Gasteiger partial charge in [0, 0.05) is 0 Å². The Morgan fingerprint density at radius 3 is 2.70 bits per heavy atom. The summed E-state index contributed by atoms with van der Waals surface area (Å²) in [6, 6.07) is 0. The van der Waals surface area contributed by atoms with Crippen LogP contribution in [0.4, 0.5) is 0 Å². The highest BCUT2D eigenvalue weighted by Crippen LogP contribution is 2.27. The van der Waals surface area contributed by atoms with Crippen LogP contribution in [0.25, 0.3) is 0 Å². The van der Waals surface area contributed by atoms with E-state index in [4.69, 9.17) is 0 Å². The first kappa shape index (κ1) is 7.55. The SMILES string of the molecule is C=C(C)[C@@]1(O)C=CCCC1. The van der Waals surface area contributed by atoms with Gasteiger partial charge in [0.1, 0.15) is 5.60 Å². The van der Waals surface area contributed by atoms with Crippen LogP contribution in [0.5, 0.6) is 0 Å². The van der Waals surface area contributed by atoms with E-state index < -0.39 is 5.60 Å². The second-order valence-electron chi connectivity index (χ2n) is 3.00. The Balaban J connectivity index is 2.75. The van der Waals surface area contributed by atoms with E-state index in [0.717, 1.165) is 24.8 Å². The number of allylic oxidation sites excluding steroid dienone is 1. The monoisotopic (exact) mass is 138 g/mol. The molecule has 56 valence electrons. The summed E-state index contributed by atoms with van der Waals surface area (Å²) in [6.07, 6.45) is 6.88. The molecule has 1 heteroatoms. The highest BCUT2D eigenvalue weighted by molar-refractivity contribution is 5.21. The first-order chi connectivity index (χ1) is 4.65. The third-order valence-electron chi connectivity index (χ3n) is 2.06. The number of rotatable bonds is 1. The largest absolute Gasteiger partial charge is 0.381 e. The van der Waals surface area contributed by atoms with Gasteiger partial charge in [-0.25, -0.2) is 0 Å². The topological polar surface area (TPSA) is 20.2 Å². The summed E-state index contributed by atoms with van der Waals surface area (Å²) in [5, 5.41) is 9.76. The smallest absolute Gasteiger partial charge is 0.103 e. The molecule has 1 aliphatic rings. The highest BCUT2D eigenvalue weighted by atomic mass is 16.3. The van der Waals surface area contributed by atoms with E-state index in [1.807, 2.05) is 19.1 Å². The van der Waals surface area contributed by atoms with Crippen molar-refractivity contribution in [3.05, 3.63) is 24.3 Å². The number of hydrogen-bond acceptors (Lipinski definition) is 1. The van der Waals surface area contributed by atoms with E-state index in [9.17, 15) is 5.11 Å². The Morgan fingerprint density at radius 1 is 1.70 bits per heavy atom. The molecule has 0 unspecified atom stereocenters. The minimum atomic E-state index is -0.696. The summed E-state index contributed by atoms with van der Waals surface area (Å²) in [7, 11) is 0. The van der Waals surface area contributed by atoms with Gasteiger partial charge in [0.15, 0.2) is 0 Å². The maximum absolute atomic E-state index is 9.76. The Kier molecular flexibility index (Phi) is 1.95. The fourth-order valence-electron chi connectivity index (χ4n) is 1.21. The lowest BCUT2D eigenvalue weighted by atomic mass is 9.86. The molecule has 0 heterocycles. The summed E-state index contributed by atoms with van der Waals surface area (Å²) < 4.78 is 0. The van der Waals surface area contributed by atoms with Crippen molar-refractivity contribution in [3.8, 4) is 0 Å². The molecule has 1 N–H and O–H groups in total. The standard InChI is InChI=1S/C9H14O/c1-8(2)9(10)6-4-3-5-7-9/h4,6,10H,1,3,5,7H2,2H3/t9-/m1/s1. The van der Waals surface area contributed by atoms with Gasteiger partial charge in [-0.2, -0.15) is 0 Å². The second-order valence-corrected chi connectivity index (χ2v) is 3.00. The van der Waals surface area contributed by atoms with Crippen LogP contribution in [-0.4, -0.2) is 10.7 Å². The fraction of sp³-hybridized carbons (Fsp3) is 0.556. The van der Waals surface area contributed by atoms with E-state index in [-0.39, 0.29) is 0 Å². The molecule has 1 atom stereocenters. The summed E-state index contributed by atoms with van der Waals surface area (Å²) in [5.41, 5.74) is 0.154. The third kappa shape index (κ3) is 1.29. The third-order valence-corrected chi connectivity index (χ3v) is 2.06. The van der Waals surface area contributed by atoms with Crippen molar-refractivity contribution in [2.45, 2.75) is 31.8 Å². The van der Waals surface area contributed by atoms with Crippen LogP contribution < -0.4 is 0 Å². The van der Waals surface area contributed by atoms with E-state index >= 15 is 0 Å². The molecule has 10 heavy (non-hydrogen) atoms. The highest BCUT2D eigenvalue weighted by Gasteiger charge is 2.25. The van der Waals surface area contributed by atoms with Crippen molar-refractivity contribution < 1.29 is 5.11 Å². The average Bonchev–Trinajstić information content (AvgIpc) is 1.89. The van der Waals surface area contributed by atoms with Crippen LogP contribution in [0.1, 0.15) is 26.2 Å². The molecular weight excluding hydrogens is 124 g/mol. The molecule has 0 aliphatic heterocycles. The summed E-state index contributed by atoms with van der Waals surface area (Å²) in [6.45, 7) is 5.62. The minimum absolute atomic E-state index is 0.696. The fourth-order valence-corrected chi connectivity index (χ4v) is 1.21. The van der Waals surface area contributed by atoms with Crippen LogP contribution in [0, 0.1) is 0 Å². The van der Waals surface area contributed by atoms with E-state index in [1.165, 1.54) is 0 Å². The minimum Gasteiger partial charge on any atom is -0.381 e. The van der Waals surface area contributed by atoms with Gasteiger partial charge < -0.3 is 5.11 Å². The van der Waals surface area contributed by atoms with Crippen molar-refractivity contribution in [1.82, 2.24) is 0 Å². The Bertz CT molecular complexity index is 170. The van der Waals surface area contributed by atoms with Crippen molar-refractivity contribution in [1.29, 1.82) is 0 Å². The maximum Gasteiger partial charge on any atom is 0.103 e. The van der Waals surface area contributed by atoms with Crippen molar-refractivity contribution >= 4 is 0 Å². The Morgan fingerprint density at radius 2 is 2.40 bits per heavy atom. The lowest BCUT2D eigenvalue weighted by Gasteiger charge is -2.27. The average molecular weight is 138 g/mol. The molecule has 1 nitrogen and oxygen atoms in total. The summed E-state index contributed by atoms with van der Waals surface area (Å²) in [4.78, 5) is 0. The van der Waals surface area contributed by atoms with E-state index in [1.54, 1.807) is 0 Å². The molecule has 1 rings (SSSR count). The van der Waals surface area contributed by atoms with E-state index in [0.29, 0.717) is 0 Å². The molecule has 0 saturated heterocycles. The molecule has 1 aliphatic carbocycles. The molecule has 0 fully saturated rings. The molecule has 0 bridgehead atoms. The van der Waals surface area contributed by atoms with Gasteiger partial charge in [0.05, 0.1) is 0 Å². The van der Waals surface area contributed by atoms with Crippen LogP contribution >= 0.6 is 0 Å². The normalized spacial score (nSPS) is 32.2. The zero-order valence-electron chi connectivity index (χ0n) is 6.43. The summed E-state index contributed by atoms with van der Waals surface area (Å²) >= 11 is 0. The molecule has 0 spiro atoms. The maximum atomic E-state index is 9.76. The van der Waals surface area contributed by atoms with Crippen LogP contribution in [-0.2, 0) is 0 Å². The van der Waals surface area contributed by atoms with Crippen LogP contribution in [0.15, 0.2) is 24.3 Å². The van der Waals surface area contributed by atoms with Crippen LogP contribution in [0.3, 0.4) is 0 Å². The van der Waals surface area contributed by atoms with Gasteiger partial charge in [-0.15, -0.1) is 0 Å². The molecule has 0 radical (unpaired) electrons. The second kappa shape index (κ2) is 2.59. The van der Waals surface area contributed by atoms with Gasteiger partial charge in [-0.05, 0) is 31.8 Å². The summed E-state index contributed by atoms with van der Waals surface area (Å²) in [5.74, 6) is 0. The molecule has 0 amide bonds. The van der Waals surface area contributed by atoms with Gasteiger partial charge in [-0.1, -0.05) is 18.7 Å². The molecule has 0 saturated carbocycles. The first-order valence-electron chi connectivity index (χ1n) is 3.71. The number of hydrogen-bond donors (Lipinski definition) is 1. The molecular formula is C9H14O. The van der Waals surface area contributed by atoms with Crippen molar-refractivity contribution in [3.63, 3.8) is 0 Å².